The number of phenolic OH excluding ortho intramolecular Hbond substituents is 1. The lowest BCUT2D eigenvalue weighted by molar-refractivity contribution is 0.0947. The van der Waals surface area contributed by atoms with Crippen LogP contribution < -0.4 is 16.0 Å². The topological polar surface area (TPSA) is 105 Å². The second-order valence-corrected chi connectivity index (χ2v) is 7.75. The first kappa shape index (κ1) is 17.9. The average molecular weight is 391 g/mol. The molecule has 0 aliphatic carbocycles. The smallest absolute Gasteiger partial charge is 0.255 e. The number of carbonyl (C=O) groups is 1. The van der Waals surface area contributed by atoms with E-state index >= 15 is 0 Å². The number of nitrogens with one attached hydrogen (secondary N) is 5. The van der Waals surface area contributed by atoms with Gasteiger partial charge in [-0.15, -0.1) is 0 Å². The highest BCUT2D eigenvalue weighted by molar-refractivity contribution is 6.06. The lowest BCUT2D eigenvalue weighted by atomic mass is 9.97. The Labute approximate surface area is 168 Å². The summed E-state index contributed by atoms with van der Waals surface area (Å²) in [4.78, 5) is 19.4. The summed E-state index contributed by atoms with van der Waals surface area (Å²) in [5.41, 5.74) is 6.00. The largest absolute Gasteiger partial charge is 0.506 e. The van der Waals surface area contributed by atoms with Gasteiger partial charge >= 0.3 is 0 Å². The van der Waals surface area contributed by atoms with Crippen LogP contribution in [0.5, 0.6) is 5.75 Å². The number of aromatic nitrogens is 2. The number of benzene rings is 1. The summed E-state index contributed by atoms with van der Waals surface area (Å²) in [7, 11) is 0. The molecule has 5 rings (SSSR count). The molecule has 1 saturated heterocycles. The molecule has 2 aliphatic rings. The molecule has 0 saturated carbocycles. The summed E-state index contributed by atoms with van der Waals surface area (Å²) < 4.78 is 0. The van der Waals surface area contributed by atoms with Gasteiger partial charge in [0, 0.05) is 42.7 Å². The molecule has 3 aromatic rings. The fraction of sp³-hybridized carbons (Fsp3) is 0.318. The number of aryl methyl sites for hydroxylation is 1. The molecule has 2 aliphatic heterocycles. The van der Waals surface area contributed by atoms with Crippen LogP contribution in [0.25, 0.3) is 11.3 Å². The summed E-state index contributed by atoms with van der Waals surface area (Å²) in [6.45, 7) is 1.73. The standard InChI is InChI=1S/C22H25N5O2/c28-18-4-2-1-3-16(18)26-21-19-17(8-10-25-22(19)29)27-20(21)15-12-23-11-13(15)5-6-14-7-9-24-14/h1-4,11-12,14,23-24,26-28H,5-10H2,(H,25,29). The number of rotatable bonds is 6. The molecule has 1 aromatic carbocycles. The highest BCUT2D eigenvalue weighted by atomic mass is 16.3. The summed E-state index contributed by atoms with van der Waals surface area (Å²) in [6.07, 6.45) is 8.06. The molecule has 7 heteroatoms. The first-order valence-corrected chi connectivity index (χ1v) is 10.2. The number of amides is 1. The van der Waals surface area contributed by atoms with E-state index in [1.54, 1.807) is 18.2 Å². The number of H-pyrrole nitrogens is 2. The van der Waals surface area contributed by atoms with Gasteiger partial charge < -0.3 is 31.0 Å². The van der Waals surface area contributed by atoms with E-state index in [1.807, 2.05) is 18.5 Å². The quantitative estimate of drug-likeness (QED) is 0.363. The molecule has 0 bridgehead atoms. The van der Waals surface area contributed by atoms with Crippen LogP contribution in [0.3, 0.4) is 0 Å². The van der Waals surface area contributed by atoms with Gasteiger partial charge in [-0.2, -0.15) is 0 Å². The third-order valence-corrected chi connectivity index (χ3v) is 5.92. The van der Waals surface area contributed by atoms with Gasteiger partial charge in [-0.1, -0.05) is 12.1 Å². The van der Waals surface area contributed by atoms with E-state index < -0.39 is 0 Å². The van der Waals surface area contributed by atoms with Gasteiger partial charge in [0.15, 0.2) is 0 Å². The van der Waals surface area contributed by atoms with Gasteiger partial charge in [0.2, 0.25) is 0 Å². The molecule has 0 spiro atoms. The maximum Gasteiger partial charge on any atom is 0.255 e. The zero-order chi connectivity index (χ0) is 19.8. The van der Waals surface area contributed by atoms with Crippen molar-refractivity contribution in [1.29, 1.82) is 0 Å². The van der Waals surface area contributed by atoms with Crippen LogP contribution in [0.1, 0.15) is 34.5 Å². The van der Waals surface area contributed by atoms with Crippen LogP contribution in [0.2, 0.25) is 0 Å². The van der Waals surface area contributed by atoms with Crippen molar-refractivity contribution in [2.24, 2.45) is 0 Å². The van der Waals surface area contributed by atoms with Gasteiger partial charge in [0.1, 0.15) is 5.75 Å². The summed E-state index contributed by atoms with van der Waals surface area (Å²) in [6, 6.07) is 7.67. The van der Waals surface area contributed by atoms with Crippen molar-refractivity contribution < 1.29 is 9.90 Å². The van der Waals surface area contributed by atoms with E-state index in [1.165, 1.54) is 12.0 Å². The number of hydrogen-bond donors (Lipinski definition) is 6. The van der Waals surface area contributed by atoms with Crippen molar-refractivity contribution in [3.63, 3.8) is 0 Å². The third kappa shape index (κ3) is 3.27. The van der Waals surface area contributed by atoms with Crippen molar-refractivity contribution in [2.75, 3.05) is 18.4 Å². The number of aromatic hydroxyl groups is 1. The maximum atomic E-state index is 12.7. The van der Waals surface area contributed by atoms with Crippen molar-refractivity contribution >= 4 is 17.3 Å². The van der Waals surface area contributed by atoms with Crippen LogP contribution in [-0.2, 0) is 12.8 Å². The Morgan fingerprint density at radius 2 is 2.03 bits per heavy atom. The predicted octanol–water partition coefficient (Wildman–Crippen LogP) is 3.04. The number of phenols is 1. The van der Waals surface area contributed by atoms with Crippen molar-refractivity contribution in [3.8, 4) is 17.0 Å². The number of carbonyl (C=O) groups excluding carboxylic acids is 1. The zero-order valence-corrected chi connectivity index (χ0v) is 16.1. The third-order valence-electron chi connectivity index (χ3n) is 5.92. The molecule has 0 radical (unpaired) electrons. The molecule has 1 fully saturated rings. The van der Waals surface area contributed by atoms with Crippen molar-refractivity contribution in [1.82, 2.24) is 20.6 Å². The molecule has 150 valence electrons. The second-order valence-electron chi connectivity index (χ2n) is 7.75. The van der Waals surface area contributed by atoms with E-state index in [-0.39, 0.29) is 11.7 Å². The number of aromatic amines is 2. The lowest BCUT2D eigenvalue weighted by Gasteiger charge is -2.27. The molecule has 1 amide bonds. The molecule has 1 unspecified atom stereocenters. The Balaban J connectivity index is 1.55. The van der Waals surface area contributed by atoms with E-state index in [9.17, 15) is 9.90 Å². The molecule has 6 N–H and O–H groups in total. The monoisotopic (exact) mass is 391 g/mol. The number of fused-ring (bicyclic) bond motifs is 1. The van der Waals surface area contributed by atoms with Crippen LogP contribution in [0.15, 0.2) is 36.7 Å². The average Bonchev–Trinajstić information content (AvgIpc) is 3.27. The van der Waals surface area contributed by atoms with Crippen LogP contribution in [0.4, 0.5) is 11.4 Å². The van der Waals surface area contributed by atoms with Crippen LogP contribution >= 0.6 is 0 Å². The molecule has 7 nitrogen and oxygen atoms in total. The summed E-state index contributed by atoms with van der Waals surface area (Å²) in [5, 5.41) is 19.9. The van der Waals surface area contributed by atoms with Gasteiger partial charge in [-0.3, -0.25) is 4.79 Å². The Morgan fingerprint density at radius 3 is 2.83 bits per heavy atom. The highest BCUT2D eigenvalue weighted by Gasteiger charge is 2.28. The van der Waals surface area contributed by atoms with Gasteiger partial charge in [0.25, 0.3) is 5.91 Å². The maximum absolute atomic E-state index is 12.7. The minimum atomic E-state index is -0.0950. The normalized spacial score (nSPS) is 18.1. The Kier molecular flexibility index (Phi) is 4.52. The first-order chi connectivity index (χ1) is 14.2. The molecule has 2 aromatic heterocycles. The number of hydrogen-bond acceptors (Lipinski definition) is 4. The van der Waals surface area contributed by atoms with Gasteiger partial charge in [0.05, 0.1) is 22.6 Å². The molecule has 4 heterocycles. The van der Waals surface area contributed by atoms with E-state index in [0.717, 1.165) is 42.8 Å². The first-order valence-electron chi connectivity index (χ1n) is 10.2. The van der Waals surface area contributed by atoms with Gasteiger partial charge in [-0.25, -0.2) is 0 Å². The summed E-state index contributed by atoms with van der Waals surface area (Å²) in [5.74, 6) is 0.0531. The summed E-state index contributed by atoms with van der Waals surface area (Å²) >= 11 is 0. The Hall–Kier alpha value is -3.19. The van der Waals surface area contributed by atoms with Crippen LogP contribution in [0, 0.1) is 0 Å². The molecular formula is C22H25N5O2. The molecule has 1 atom stereocenters. The fourth-order valence-electron chi connectivity index (χ4n) is 4.18. The minimum Gasteiger partial charge on any atom is -0.506 e. The Bertz CT molecular complexity index is 1050. The SMILES string of the molecule is O=C1NCCc2[nH]c(-c3c[nH]cc3CCC3CCN3)c(Nc3ccccc3O)c21. The zero-order valence-electron chi connectivity index (χ0n) is 16.1. The molecular weight excluding hydrogens is 366 g/mol. The fourth-order valence-corrected chi connectivity index (χ4v) is 4.18. The highest BCUT2D eigenvalue weighted by Crippen LogP contribution is 2.39. The minimum absolute atomic E-state index is 0.0950. The van der Waals surface area contributed by atoms with E-state index in [2.05, 4.69) is 25.9 Å². The van der Waals surface area contributed by atoms with Crippen molar-refractivity contribution in [3.05, 3.63) is 53.5 Å². The predicted molar refractivity (Wildman–Crippen MR) is 113 cm³/mol. The van der Waals surface area contributed by atoms with Crippen LogP contribution in [-0.4, -0.2) is 40.1 Å². The molecule has 29 heavy (non-hydrogen) atoms. The second kappa shape index (κ2) is 7.33. The van der Waals surface area contributed by atoms with E-state index in [0.29, 0.717) is 29.5 Å². The van der Waals surface area contributed by atoms with Crippen molar-refractivity contribution in [2.45, 2.75) is 31.7 Å². The number of anilines is 2. The number of para-hydroxylation sites is 2. The van der Waals surface area contributed by atoms with E-state index in [4.69, 9.17) is 0 Å². The van der Waals surface area contributed by atoms with Gasteiger partial charge in [-0.05, 0) is 43.5 Å². The lowest BCUT2D eigenvalue weighted by Crippen LogP contribution is -2.42. The Morgan fingerprint density at radius 1 is 1.17 bits per heavy atom.